The molecule has 0 fully saturated rings. The first-order valence-corrected chi connectivity index (χ1v) is 17.6. The molecule has 0 spiro atoms. The van der Waals surface area contributed by atoms with Crippen LogP contribution in [-0.2, 0) is 28.0 Å². The van der Waals surface area contributed by atoms with Crippen LogP contribution in [0.2, 0.25) is 25.7 Å². The van der Waals surface area contributed by atoms with Gasteiger partial charge in [0.15, 0.2) is 5.69 Å². The van der Waals surface area contributed by atoms with Gasteiger partial charge in [0.1, 0.15) is 17.4 Å². The van der Waals surface area contributed by atoms with E-state index < -0.39 is 18.1 Å². The van der Waals surface area contributed by atoms with E-state index in [-0.39, 0.29) is 29.8 Å². The number of nitrogens with one attached hydrogen (secondary N) is 3. The Morgan fingerprint density at radius 1 is 1.21 bits per heavy atom. The summed E-state index contributed by atoms with van der Waals surface area (Å²) in [6.45, 7) is 7.94. The number of anilines is 2. The van der Waals surface area contributed by atoms with Crippen LogP contribution in [0.15, 0.2) is 53.8 Å². The number of fused-ring (bicyclic) bond motifs is 1. The molecule has 12 nitrogen and oxygen atoms in total. The maximum atomic E-state index is 13.1. The van der Waals surface area contributed by atoms with Crippen molar-refractivity contribution in [2.75, 3.05) is 30.3 Å². The summed E-state index contributed by atoms with van der Waals surface area (Å²) in [7, 11) is -2.01. The fourth-order valence-electron chi connectivity index (χ4n) is 3.98. The van der Waals surface area contributed by atoms with Crippen molar-refractivity contribution >= 4 is 46.4 Å². The van der Waals surface area contributed by atoms with Crippen molar-refractivity contribution in [1.29, 1.82) is 0 Å². The molecular weight excluding hydrogens is 536 g/mol. The van der Waals surface area contributed by atoms with Crippen LogP contribution in [0.1, 0.15) is 16.1 Å². The Morgan fingerprint density at radius 2 is 1.97 bits per heavy atom. The third-order valence-corrected chi connectivity index (χ3v) is 9.67. The van der Waals surface area contributed by atoms with E-state index in [1.54, 1.807) is 36.1 Å². The number of carbonyl (C=O) groups excluding carboxylic acids is 1. The van der Waals surface area contributed by atoms with E-state index in [0.717, 1.165) is 11.6 Å². The largest absolute Gasteiger partial charge is 0.365 e. The number of para-hydroxylation sites is 1. The Balaban J connectivity index is 1.62. The van der Waals surface area contributed by atoms with Crippen LogP contribution in [0.5, 0.6) is 0 Å². The number of amides is 1. The van der Waals surface area contributed by atoms with Gasteiger partial charge in [-0.15, -0.1) is 0 Å². The van der Waals surface area contributed by atoms with Crippen LogP contribution < -0.4 is 14.9 Å². The van der Waals surface area contributed by atoms with Gasteiger partial charge in [0.05, 0.1) is 22.8 Å². The summed E-state index contributed by atoms with van der Waals surface area (Å²) >= 11 is 0. The number of aromatic nitrogens is 5. The number of aromatic amines is 1. The maximum absolute atomic E-state index is 13.1. The van der Waals surface area contributed by atoms with Gasteiger partial charge in [-0.05, 0) is 23.7 Å². The van der Waals surface area contributed by atoms with Crippen molar-refractivity contribution in [1.82, 2.24) is 30.3 Å². The fourth-order valence-corrected chi connectivity index (χ4v) is 5.88. The van der Waals surface area contributed by atoms with E-state index in [1.165, 1.54) is 23.7 Å². The number of sulfonamides is 1. The lowest BCUT2D eigenvalue weighted by molar-refractivity contribution is 0.0805. The highest BCUT2D eigenvalue weighted by molar-refractivity contribution is 7.92. The van der Waals surface area contributed by atoms with E-state index in [4.69, 9.17) is 4.74 Å². The lowest BCUT2D eigenvalue weighted by atomic mass is 10.1. The fraction of sp³-hybridized carbons (Fsp3) is 0.360. The van der Waals surface area contributed by atoms with Crippen molar-refractivity contribution < 1.29 is 17.9 Å². The van der Waals surface area contributed by atoms with Gasteiger partial charge in [-0.3, -0.25) is 14.2 Å². The first kappa shape index (κ1) is 28.3. The second-order valence-corrected chi connectivity index (χ2v) is 17.8. The van der Waals surface area contributed by atoms with Gasteiger partial charge in [0, 0.05) is 47.7 Å². The predicted molar refractivity (Wildman–Crippen MR) is 153 cm³/mol. The SMILES string of the molecule is CNC(=O)c1nn(COCC[Si](C)(C)C)c2ccnc(NCc3ccccc3N(C)S(=O)(=O)c3cn[nH]c3)c12. The second kappa shape index (κ2) is 11.6. The average Bonchev–Trinajstić information content (AvgIpc) is 3.58. The summed E-state index contributed by atoms with van der Waals surface area (Å²) in [6.07, 6.45) is 4.24. The van der Waals surface area contributed by atoms with Crippen LogP contribution in [-0.4, -0.2) is 68.1 Å². The quantitative estimate of drug-likeness (QED) is 0.174. The minimum Gasteiger partial charge on any atom is -0.365 e. The lowest BCUT2D eigenvalue weighted by Crippen LogP contribution is -2.27. The zero-order valence-electron chi connectivity index (χ0n) is 22.7. The van der Waals surface area contributed by atoms with Crippen LogP contribution >= 0.6 is 0 Å². The Labute approximate surface area is 228 Å². The molecule has 0 saturated carbocycles. The molecule has 4 rings (SSSR count). The molecule has 208 valence electrons. The Bertz CT molecular complexity index is 1550. The summed E-state index contributed by atoms with van der Waals surface area (Å²) in [5, 5.41) is 17.3. The van der Waals surface area contributed by atoms with Crippen molar-refractivity contribution in [2.24, 2.45) is 0 Å². The van der Waals surface area contributed by atoms with Gasteiger partial charge < -0.3 is 15.4 Å². The number of ether oxygens (including phenoxy) is 1. The third kappa shape index (κ3) is 6.29. The molecular formula is C25H34N8O4SSi. The standard InChI is InChI=1S/C25H34N8O4SSi/c1-26-25(34)23-22-21(33(31-23)17-37-12-13-39(3,4)5)10-11-27-24(22)28-14-18-8-6-7-9-20(18)32(2)38(35,36)19-15-29-30-16-19/h6-11,15-16H,12-14,17H2,1-5H3,(H,26,34)(H,27,28)(H,29,30). The Kier molecular flexibility index (Phi) is 8.37. The number of carbonyl (C=O) groups is 1. The highest BCUT2D eigenvalue weighted by Crippen LogP contribution is 2.29. The van der Waals surface area contributed by atoms with Gasteiger partial charge in [-0.25, -0.2) is 18.1 Å². The highest BCUT2D eigenvalue weighted by atomic mass is 32.2. The van der Waals surface area contributed by atoms with Crippen LogP contribution in [0.3, 0.4) is 0 Å². The van der Waals surface area contributed by atoms with Crippen molar-refractivity contribution in [2.45, 2.75) is 43.9 Å². The van der Waals surface area contributed by atoms with Crippen LogP contribution in [0.4, 0.5) is 11.5 Å². The number of pyridine rings is 1. The molecule has 0 bridgehead atoms. The third-order valence-electron chi connectivity index (χ3n) is 6.23. The van der Waals surface area contributed by atoms with Crippen LogP contribution in [0, 0.1) is 0 Å². The molecule has 0 unspecified atom stereocenters. The van der Waals surface area contributed by atoms with Gasteiger partial charge in [0.2, 0.25) is 0 Å². The molecule has 0 aliphatic heterocycles. The molecule has 0 atom stereocenters. The zero-order chi connectivity index (χ0) is 28.2. The smallest absolute Gasteiger partial charge is 0.272 e. The van der Waals surface area contributed by atoms with E-state index in [2.05, 4.69) is 50.6 Å². The highest BCUT2D eigenvalue weighted by Gasteiger charge is 2.25. The zero-order valence-corrected chi connectivity index (χ0v) is 24.5. The van der Waals surface area contributed by atoms with Gasteiger partial charge >= 0.3 is 0 Å². The summed E-state index contributed by atoms with van der Waals surface area (Å²) in [4.78, 5) is 17.3. The molecule has 0 radical (unpaired) electrons. The molecule has 1 aromatic carbocycles. The number of benzene rings is 1. The normalized spacial score (nSPS) is 12.0. The predicted octanol–water partition coefficient (Wildman–Crippen LogP) is 3.26. The molecule has 14 heteroatoms. The monoisotopic (exact) mass is 570 g/mol. The first-order valence-electron chi connectivity index (χ1n) is 12.5. The maximum Gasteiger partial charge on any atom is 0.272 e. The summed E-state index contributed by atoms with van der Waals surface area (Å²) in [6, 6.07) is 9.98. The Morgan fingerprint density at radius 3 is 2.67 bits per heavy atom. The summed E-state index contributed by atoms with van der Waals surface area (Å²) < 4.78 is 34.9. The van der Waals surface area contributed by atoms with Gasteiger partial charge in [0.25, 0.3) is 15.9 Å². The van der Waals surface area contributed by atoms with E-state index in [1.807, 2.05) is 12.1 Å². The summed E-state index contributed by atoms with van der Waals surface area (Å²) in [5.41, 5.74) is 2.14. The van der Waals surface area contributed by atoms with Gasteiger partial charge in [-0.1, -0.05) is 37.8 Å². The average molecular weight is 571 g/mol. The number of hydrogen-bond donors (Lipinski definition) is 3. The molecule has 3 N–H and O–H groups in total. The van der Waals surface area contributed by atoms with Crippen molar-refractivity contribution in [3.63, 3.8) is 0 Å². The number of rotatable bonds is 12. The minimum absolute atomic E-state index is 0.0638. The second-order valence-electron chi connectivity index (χ2n) is 10.2. The molecule has 3 aromatic heterocycles. The van der Waals surface area contributed by atoms with Crippen molar-refractivity contribution in [3.05, 3.63) is 60.2 Å². The lowest BCUT2D eigenvalue weighted by Gasteiger charge is -2.22. The van der Waals surface area contributed by atoms with Gasteiger partial charge in [-0.2, -0.15) is 10.2 Å². The molecule has 0 aliphatic carbocycles. The molecule has 1 amide bonds. The number of hydrogen-bond acceptors (Lipinski definition) is 8. The minimum atomic E-state index is -3.81. The Hall–Kier alpha value is -3.75. The molecule has 0 aliphatic rings. The number of H-pyrrole nitrogens is 1. The van der Waals surface area contributed by atoms with E-state index >= 15 is 0 Å². The number of nitrogens with zero attached hydrogens (tertiary/aromatic N) is 5. The van der Waals surface area contributed by atoms with E-state index in [0.29, 0.717) is 29.0 Å². The molecule has 39 heavy (non-hydrogen) atoms. The molecule has 4 aromatic rings. The molecule has 3 heterocycles. The van der Waals surface area contributed by atoms with Crippen LogP contribution in [0.25, 0.3) is 10.9 Å². The first-order chi connectivity index (χ1) is 18.5. The topological polar surface area (TPSA) is 147 Å². The van der Waals surface area contributed by atoms with E-state index in [9.17, 15) is 13.2 Å². The molecule has 0 saturated heterocycles. The summed E-state index contributed by atoms with van der Waals surface area (Å²) in [5.74, 6) is 0.109. The van der Waals surface area contributed by atoms with Crippen molar-refractivity contribution in [3.8, 4) is 0 Å².